The molecule has 1 aromatic heterocycles. The molecule has 0 unspecified atom stereocenters. The largest absolute Gasteiger partial charge is 0.417 e. The van der Waals surface area contributed by atoms with Crippen molar-refractivity contribution >= 4 is 21.7 Å². The van der Waals surface area contributed by atoms with Gasteiger partial charge in [0.1, 0.15) is 11.5 Å². The molecule has 0 aliphatic carbocycles. The molecular weight excluding hydrogens is 397 g/mol. The van der Waals surface area contributed by atoms with Crippen molar-refractivity contribution in [2.24, 2.45) is 0 Å². The first-order valence-corrected chi connectivity index (χ1v) is 8.09. The molecule has 3 aromatic rings. The van der Waals surface area contributed by atoms with Crippen LogP contribution >= 0.6 is 15.9 Å². The molecule has 0 radical (unpaired) electrons. The predicted molar refractivity (Wildman–Crippen MR) is 91.7 cm³/mol. The molecule has 0 spiro atoms. The van der Waals surface area contributed by atoms with Gasteiger partial charge in [-0.25, -0.2) is 4.98 Å². The maximum absolute atomic E-state index is 13.4. The summed E-state index contributed by atoms with van der Waals surface area (Å²) in [4.78, 5) is 15.9. The number of hydrogen-bond donors (Lipinski definition) is 0. The fourth-order valence-electron chi connectivity index (χ4n) is 2.46. The van der Waals surface area contributed by atoms with E-state index in [1.54, 1.807) is 24.3 Å². The van der Waals surface area contributed by atoms with Gasteiger partial charge in [0.2, 0.25) is 0 Å². The van der Waals surface area contributed by atoms with E-state index in [9.17, 15) is 18.0 Å². The molecule has 0 atom stereocenters. The lowest BCUT2D eigenvalue weighted by atomic mass is 10.1. The van der Waals surface area contributed by atoms with Crippen LogP contribution in [0.15, 0.2) is 59.2 Å². The fourth-order valence-corrected chi connectivity index (χ4v) is 2.73. The summed E-state index contributed by atoms with van der Waals surface area (Å²) in [5.74, 6) is -0.248. The van der Waals surface area contributed by atoms with Gasteiger partial charge in [0, 0.05) is 28.8 Å². The molecule has 0 fully saturated rings. The molecule has 128 valence electrons. The SMILES string of the molecule is CC(=O)c1cn(-c2ccc(Br)cc2)c(-c2ccccc2C(F)(F)F)n1. The van der Waals surface area contributed by atoms with Gasteiger partial charge in [0.05, 0.1) is 5.56 Å². The quantitative estimate of drug-likeness (QED) is 0.534. The number of aromatic nitrogens is 2. The van der Waals surface area contributed by atoms with Crippen LogP contribution in [0.4, 0.5) is 13.2 Å². The Kier molecular flexibility index (Phi) is 4.51. The molecule has 25 heavy (non-hydrogen) atoms. The number of rotatable bonds is 3. The highest BCUT2D eigenvalue weighted by Gasteiger charge is 2.34. The summed E-state index contributed by atoms with van der Waals surface area (Å²) < 4.78 is 42.5. The molecule has 1 heterocycles. The number of Topliss-reactive ketones (excluding diaryl/α,β-unsaturated/α-hetero) is 1. The molecular formula is C18H12BrF3N2O. The number of nitrogens with zero attached hydrogens (tertiary/aromatic N) is 2. The van der Waals surface area contributed by atoms with E-state index in [1.165, 1.54) is 35.9 Å². The van der Waals surface area contributed by atoms with Crippen molar-refractivity contribution in [1.82, 2.24) is 9.55 Å². The lowest BCUT2D eigenvalue weighted by molar-refractivity contribution is -0.137. The van der Waals surface area contributed by atoms with Gasteiger partial charge in [-0.1, -0.05) is 34.1 Å². The van der Waals surface area contributed by atoms with Gasteiger partial charge in [-0.2, -0.15) is 13.2 Å². The fraction of sp³-hybridized carbons (Fsp3) is 0.111. The number of carbonyl (C=O) groups excluding carboxylic acids is 1. The Hall–Kier alpha value is -2.41. The van der Waals surface area contributed by atoms with Gasteiger partial charge in [-0.05, 0) is 30.3 Å². The zero-order valence-corrected chi connectivity index (χ0v) is 14.6. The summed E-state index contributed by atoms with van der Waals surface area (Å²) in [5, 5.41) is 0. The van der Waals surface area contributed by atoms with Crippen LogP contribution in [0.5, 0.6) is 0 Å². The third kappa shape index (κ3) is 3.51. The highest BCUT2D eigenvalue weighted by Crippen LogP contribution is 2.37. The van der Waals surface area contributed by atoms with Crippen LogP contribution in [0.25, 0.3) is 17.1 Å². The summed E-state index contributed by atoms with van der Waals surface area (Å²) in [6.45, 7) is 1.33. The molecule has 2 aromatic carbocycles. The van der Waals surface area contributed by atoms with Crippen molar-refractivity contribution in [2.75, 3.05) is 0 Å². The summed E-state index contributed by atoms with van der Waals surface area (Å²) in [5.41, 5.74) is -0.162. The Balaban J connectivity index is 2.27. The molecule has 3 nitrogen and oxygen atoms in total. The van der Waals surface area contributed by atoms with Gasteiger partial charge < -0.3 is 0 Å². The molecule has 7 heteroatoms. The van der Waals surface area contributed by atoms with Gasteiger partial charge in [0.15, 0.2) is 5.78 Å². The smallest absolute Gasteiger partial charge is 0.299 e. The van der Waals surface area contributed by atoms with Crippen molar-refractivity contribution in [2.45, 2.75) is 13.1 Å². The first kappa shape index (κ1) is 17.4. The highest BCUT2D eigenvalue weighted by molar-refractivity contribution is 9.10. The second kappa shape index (κ2) is 6.48. The van der Waals surface area contributed by atoms with Gasteiger partial charge in [-0.15, -0.1) is 0 Å². The second-order valence-corrected chi connectivity index (χ2v) is 6.31. The standard InChI is InChI=1S/C18H12BrF3N2O/c1-11(25)16-10-24(13-8-6-12(19)7-9-13)17(23-16)14-4-2-3-5-15(14)18(20,21)22/h2-10H,1H3. The van der Waals surface area contributed by atoms with Gasteiger partial charge >= 0.3 is 6.18 Å². The first-order chi connectivity index (χ1) is 11.8. The molecule has 0 aliphatic rings. The third-order valence-corrected chi connectivity index (χ3v) is 4.17. The van der Waals surface area contributed by atoms with E-state index < -0.39 is 11.7 Å². The lowest BCUT2D eigenvalue weighted by Crippen LogP contribution is -2.08. The number of ketones is 1. The Morgan fingerprint density at radius 2 is 1.72 bits per heavy atom. The van der Waals surface area contributed by atoms with Crippen LogP contribution in [-0.4, -0.2) is 15.3 Å². The predicted octanol–water partition coefficient (Wildman–Crippen LogP) is 5.52. The van der Waals surface area contributed by atoms with Crippen LogP contribution in [0, 0.1) is 0 Å². The zero-order valence-electron chi connectivity index (χ0n) is 13.0. The van der Waals surface area contributed by atoms with E-state index in [1.807, 2.05) is 0 Å². The van der Waals surface area contributed by atoms with Crippen LogP contribution in [0.3, 0.4) is 0 Å². The molecule has 3 rings (SSSR count). The number of hydrogen-bond acceptors (Lipinski definition) is 2. The topological polar surface area (TPSA) is 34.9 Å². The van der Waals surface area contributed by atoms with Crippen LogP contribution in [0.2, 0.25) is 0 Å². The Bertz CT molecular complexity index is 930. The van der Waals surface area contributed by atoms with Gasteiger partial charge in [-0.3, -0.25) is 9.36 Å². The number of halogens is 4. The number of benzene rings is 2. The van der Waals surface area contributed by atoms with E-state index >= 15 is 0 Å². The van der Waals surface area contributed by atoms with E-state index in [-0.39, 0.29) is 22.9 Å². The number of imidazole rings is 1. The van der Waals surface area contributed by atoms with Crippen molar-refractivity contribution in [3.05, 3.63) is 70.5 Å². The maximum atomic E-state index is 13.4. The summed E-state index contributed by atoms with van der Waals surface area (Å²) >= 11 is 3.32. The van der Waals surface area contributed by atoms with Crippen LogP contribution < -0.4 is 0 Å². The van der Waals surface area contributed by atoms with E-state index in [2.05, 4.69) is 20.9 Å². The first-order valence-electron chi connectivity index (χ1n) is 7.30. The van der Waals surface area contributed by atoms with Crippen molar-refractivity contribution in [1.29, 1.82) is 0 Å². The maximum Gasteiger partial charge on any atom is 0.417 e. The number of alkyl halides is 3. The minimum absolute atomic E-state index is 0.0699. The summed E-state index contributed by atoms with van der Waals surface area (Å²) in [7, 11) is 0. The molecule has 0 amide bonds. The molecule has 0 saturated carbocycles. The molecule has 0 aliphatic heterocycles. The minimum Gasteiger partial charge on any atom is -0.299 e. The normalized spacial score (nSPS) is 11.6. The monoisotopic (exact) mass is 408 g/mol. The van der Waals surface area contributed by atoms with Crippen LogP contribution in [-0.2, 0) is 6.18 Å². The van der Waals surface area contributed by atoms with Gasteiger partial charge in [0.25, 0.3) is 0 Å². The molecule has 0 bridgehead atoms. The molecule has 0 N–H and O–H groups in total. The van der Waals surface area contributed by atoms with E-state index in [4.69, 9.17) is 0 Å². The Morgan fingerprint density at radius 1 is 1.08 bits per heavy atom. The zero-order chi connectivity index (χ0) is 18.2. The van der Waals surface area contributed by atoms with Crippen molar-refractivity contribution in [3.63, 3.8) is 0 Å². The summed E-state index contributed by atoms with van der Waals surface area (Å²) in [6.07, 6.45) is -3.07. The molecule has 0 saturated heterocycles. The van der Waals surface area contributed by atoms with Crippen molar-refractivity contribution < 1.29 is 18.0 Å². The average Bonchev–Trinajstić information content (AvgIpc) is 3.00. The van der Waals surface area contributed by atoms with Crippen molar-refractivity contribution in [3.8, 4) is 17.1 Å². The lowest BCUT2D eigenvalue weighted by Gasteiger charge is -2.14. The van der Waals surface area contributed by atoms with Crippen LogP contribution in [0.1, 0.15) is 23.0 Å². The third-order valence-electron chi connectivity index (χ3n) is 3.64. The summed E-state index contributed by atoms with van der Waals surface area (Å²) in [6, 6.07) is 12.2. The van der Waals surface area contributed by atoms with E-state index in [0.717, 1.165) is 10.5 Å². The minimum atomic E-state index is -4.52. The van der Waals surface area contributed by atoms with E-state index in [0.29, 0.717) is 5.69 Å². The highest BCUT2D eigenvalue weighted by atomic mass is 79.9. The average molecular weight is 409 g/mol. The number of carbonyl (C=O) groups is 1. The second-order valence-electron chi connectivity index (χ2n) is 5.40. The Labute approximate surface area is 150 Å². The Morgan fingerprint density at radius 3 is 2.32 bits per heavy atom.